The molecule has 3 aliphatic carbocycles. The number of carbonyl (C=O) groups is 4. The summed E-state index contributed by atoms with van der Waals surface area (Å²) in [7, 11) is 1.67. The molecule has 0 spiro atoms. The van der Waals surface area contributed by atoms with Crippen molar-refractivity contribution in [3.05, 3.63) is 171 Å². The molecule has 7 unspecified atom stereocenters. The SMILES string of the molecule is [C-]#[N+]c1c(CC2C(C)CC(C)CC2C)c2nc(-c3ccc(C)cc3)[nH]n2c1OC(=O)N1CCOCC1.[C-]#[N+]c1c(CC2C(C)CC(C)CC2C)c2nc(-c3cccc(NC(=O)C(CC)Oc4ccc(C)cc4C)c3)[nH]n2c1OC(=O)N(CC)CC.[C-]#[N+]c1c(CC2C(C)CC(CCCC)CC2C)c2nc(C(C)C)[nH]n2c1OC(=O)N(C)c1ccccc1. The average molecular weight is 1660 g/mol. The number of carbonyl (C=O) groups excluding carboxylic acids is 4. The number of aromatic amines is 3. The maximum Gasteiger partial charge on any atom is 0.419 e. The van der Waals surface area contributed by atoms with Gasteiger partial charge in [-0.1, -0.05) is 180 Å². The Bertz CT molecular complexity index is 5390. The van der Waals surface area contributed by atoms with Crippen molar-refractivity contribution < 1.29 is 42.9 Å². The summed E-state index contributed by atoms with van der Waals surface area (Å²) in [6.07, 6.45) is 11.5. The van der Waals surface area contributed by atoms with Crippen LogP contribution in [0.5, 0.6) is 23.4 Å². The monoisotopic (exact) mass is 1660 g/mol. The largest absolute Gasteiger partial charge is 0.480 e. The van der Waals surface area contributed by atoms with Gasteiger partial charge in [-0.25, -0.2) is 57.4 Å². The zero-order chi connectivity index (χ0) is 87.5. The van der Waals surface area contributed by atoms with Crippen LogP contribution in [0, 0.1) is 112 Å². The Morgan fingerprint density at radius 1 is 0.566 bits per heavy atom. The van der Waals surface area contributed by atoms with Crippen LogP contribution in [-0.2, 0) is 28.8 Å². The van der Waals surface area contributed by atoms with Gasteiger partial charge in [0.25, 0.3) is 23.0 Å². The summed E-state index contributed by atoms with van der Waals surface area (Å²) in [5, 5.41) is 12.9. The van der Waals surface area contributed by atoms with Gasteiger partial charge < -0.3 is 38.8 Å². The van der Waals surface area contributed by atoms with Gasteiger partial charge in [-0.3, -0.25) is 25.0 Å². The van der Waals surface area contributed by atoms with E-state index in [-0.39, 0.29) is 29.5 Å². The molecule has 0 bridgehead atoms. The van der Waals surface area contributed by atoms with Crippen LogP contribution in [-0.4, -0.2) is 130 Å². The van der Waals surface area contributed by atoms with Crippen LogP contribution in [0.4, 0.5) is 42.8 Å². The van der Waals surface area contributed by atoms with Gasteiger partial charge in [-0.15, -0.1) is 0 Å². The minimum atomic E-state index is -0.669. The molecule has 4 fully saturated rings. The fourth-order valence-corrected chi connectivity index (χ4v) is 19.6. The molecule has 648 valence electrons. The molecule has 3 saturated carbocycles. The first kappa shape index (κ1) is 89.9. The number of nitrogens with zero attached hydrogens (tertiary/aromatic N) is 12. The maximum absolute atomic E-state index is 13.4. The Morgan fingerprint density at radius 2 is 1.05 bits per heavy atom. The lowest BCUT2D eigenvalue weighted by molar-refractivity contribution is -0.122. The Hall–Kier alpha value is -11.4. The average Bonchev–Trinajstić information content (AvgIpc) is 1.60. The van der Waals surface area contributed by atoms with E-state index >= 15 is 0 Å². The van der Waals surface area contributed by atoms with Crippen molar-refractivity contribution in [2.75, 3.05) is 56.7 Å². The van der Waals surface area contributed by atoms with E-state index in [4.69, 9.17) is 58.4 Å². The molecule has 4 aliphatic rings. The highest BCUT2D eigenvalue weighted by molar-refractivity contribution is 5.95. The van der Waals surface area contributed by atoms with E-state index in [0.717, 1.165) is 82.1 Å². The fraction of sp³-hybridized carbons (Fsp3) is 0.526. The molecule has 25 nitrogen and oxygen atoms in total. The summed E-state index contributed by atoms with van der Waals surface area (Å²) >= 11 is 0. The van der Waals surface area contributed by atoms with Crippen LogP contribution in [0.3, 0.4) is 0 Å². The number of amides is 4. The summed E-state index contributed by atoms with van der Waals surface area (Å²) in [6.45, 7) is 63.9. The number of fused-ring (bicyclic) bond motifs is 3. The zero-order valence-electron chi connectivity index (χ0n) is 74.8. The molecule has 0 radical (unpaired) electrons. The second-order valence-electron chi connectivity index (χ2n) is 35.7. The lowest BCUT2D eigenvalue weighted by Gasteiger charge is -2.39. The molecule has 14 rings (SSSR count). The van der Waals surface area contributed by atoms with Gasteiger partial charge in [0, 0.05) is 78.3 Å². The Kier molecular flexibility index (Phi) is 29.5. The molecule has 6 aromatic heterocycles. The minimum absolute atomic E-state index is 0.152. The number of unbranched alkanes of at least 4 members (excludes halogenated alkanes) is 1. The molecule has 1 aliphatic heterocycles. The number of benzene rings is 4. The summed E-state index contributed by atoms with van der Waals surface area (Å²) in [5.41, 5.74) is 11.8. The topological polar surface area (TPSA) is 249 Å². The van der Waals surface area contributed by atoms with E-state index in [1.165, 1.54) is 55.4 Å². The van der Waals surface area contributed by atoms with Crippen LogP contribution >= 0.6 is 0 Å². The van der Waals surface area contributed by atoms with Gasteiger partial charge >= 0.3 is 18.3 Å². The highest BCUT2D eigenvalue weighted by atomic mass is 16.6. The number of H-pyrrole nitrogens is 3. The molecule has 4 N–H and O–H groups in total. The summed E-state index contributed by atoms with van der Waals surface area (Å²) in [4.78, 5) is 83.8. The predicted molar refractivity (Wildman–Crippen MR) is 480 cm³/mol. The highest BCUT2D eigenvalue weighted by Gasteiger charge is 2.40. The van der Waals surface area contributed by atoms with Crippen molar-refractivity contribution in [2.24, 2.45) is 71.0 Å². The number of morpholine rings is 1. The van der Waals surface area contributed by atoms with E-state index in [1.807, 2.05) is 139 Å². The van der Waals surface area contributed by atoms with Crippen molar-refractivity contribution >= 4 is 69.6 Å². The van der Waals surface area contributed by atoms with Crippen LogP contribution < -0.4 is 29.2 Å². The fourth-order valence-electron chi connectivity index (χ4n) is 19.6. The summed E-state index contributed by atoms with van der Waals surface area (Å²) in [5.74, 6) is 9.87. The minimum Gasteiger partial charge on any atom is -0.480 e. The molecule has 4 amide bonds. The third-order valence-electron chi connectivity index (χ3n) is 26.2. The number of hydrogen-bond donors (Lipinski definition) is 4. The third kappa shape index (κ3) is 20.2. The number of nitrogens with one attached hydrogen (secondary N) is 4. The first-order valence-electron chi connectivity index (χ1n) is 44.3. The van der Waals surface area contributed by atoms with Crippen molar-refractivity contribution in [3.63, 3.8) is 0 Å². The lowest BCUT2D eigenvalue weighted by atomic mass is 9.66. The van der Waals surface area contributed by atoms with E-state index in [1.54, 1.807) is 30.4 Å². The van der Waals surface area contributed by atoms with Gasteiger partial charge in [-0.05, 0) is 206 Å². The Balaban J connectivity index is 0.000000170. The number of aromatic nitrogens is 9. The molecule has 122 heavy (non-hydrogen) atoms. The highest BCUT2D eigenvalue weighted by Crippen LogP contribution is 2.50. The van der Waals surface area contributed by atoms with Crippen molar-refractivity contribution in [1.82, 2.24) is 53.6 Å². The normalized spacial score (nSPS) is 21.8. The zero-order valence-corrected chi connectivity index (χ0v) is 74.8. The molecule has 4 aromatic carbocycles. The molecular weight excluding hydrogens is 1530 g/mol. The number of aryl methyl sites for hydroxylation is 3. The predicted octanol–water partition coefficient (Wildman–Crippen LogP) is 22.9. The van der Waals surface area contributed by atoms with Crippen LogP contribution in [0.2, 0.25) is 0 Å². The standard InChI is InChI=1S/C39H50N6O4.C30H41N5O2.C28H35N5O3/c1-10-32(48-33-17-16-23(4)18-27(33)8)37(46)41-29-15-13-14-28(21-29)35-42-36-31(22-30-25(6)19-24(5)20-26(30)7)34(40-9)38(45(36)43-35)49-39(47)44(11-2)12-3;1-8-9-13-22-16-20(4)24(21(5)17-22)18-25-26(31-6)29(35-28(25)32-27(33-35)19(2)3)37-30(36)34(7)23-14-11-10-12-15-23;1-17-6-8-21(9-7-17)25-30-26-23(16-22-19(3)14-18(2)15-20(22)4)24(29-5)27(33(26)31-25)36-28(34)32-10-12-35-13-11-32/h13-18,21,24-26,30,32H,10-12,19-20,22H2,1-8H3,(H,41,46)(H,42,43);10-12,14-15,19-22,24H,8-9,13,16-18H2,1-5,7H3,(H,32,33);6-9,18-20,22H,10-16H2,1-4H3,(H,30,31). The second kappa shape index (κ2) is 40.1. The smallest absolute Gasteiger partial charge is 0.419 e. The van der Waals surface area contributed by atoms with Gasteiger partial charge in [0.15, 0.2) is 17.8 Å². The number of para-hydroxylation sites is 1. The Labute approximate surface area is 719 Å². The maximum atomic E-state index is 13.4. The van der Waals surface area contributed by atoms with Gasteiger partial charge in [0.1, 0.15) is 28.5 Å². The molecule has 10 aromatic rings. The van der Waals surface area contributed by atoms with Gasteiger partial charge in [-0.2, -0.15) is 0 Å². The van der Waals surface area contributed by atoms with E-state index in [0.29, 0.717) is 174 Å². The van der Waals surface area contributed by atoms with Crippen LogP contribution in [0.15, 0.2) is 97.1 Å². The summed E-state index contributed by atoms with van der Waals surface area (Å²) in [6, 6.07) is 30.8. The molecule has 7 atom stereocenters. The van der Waals surface area contributed by atoms with Gasteiger partial charge in [0.05, 0.1) is 32.9 Å². The van der Waals surface area contributed by atoms with Crippen molar-refractivity contribution in [3.8, 4) is 46.2 Å². The van der Waals surface area contributed by atoms with E-state index in [9.17, 15) is 19.2 Å². The lowest BCUT2D eigenvalue weighted by Crippen LogP contribution is -2.42. The van der Waals surface area contributed by atoms with Crippen molar-refractivity contribution in [2.45, 2.75) is 213 Å². The van der Waals surface area contributed by atoms with E-state index < -0.39 is 24.4 Å². The number of anilines is 2. The molecule has 1 saturated heterocycles. The first-order chi connectivity index (χ1) is 58.6. The van der Waals surface area contributed by atoms with E-state index in [2.05, 4.69) is 111 Å². The van der Waals surface area contributed by atoms with Crippen LogP contribution in [0.25, 0.3) is 54.3 Å². The number of ether oxygens (including phenoxy) is 5. The molecule has 7 heterocycles. The molecule has 25 heteroatoms. The third-order valence-corrected chi connectivity index (χ3v) is 26.2. The number of hydrogen-bond acceptors (Lipinski definition) is 12. The summed E-state index contributed by atoms with van der Waals surface area (Å²) < 4.78 is 34.3. The second-order valence-corrected chi connectivity index (χ2v) is 35.7. The van der Waals surface area contributed by atoms with Crippen molar-refractivity contribution in [1.29, 1.82) is 0 Å². The molecular formula is C97H126N16O9. The number of rotatable bonds is 23. The van der Waals surface area contributed by atoms with Gasteiger partial charge in [0.2, 0.25) is 17.6 Å². The van der Waals surface area contributed by atoms with Crippen LogP contribution in [0.1, 0.15) is 206 Å². The first-order valence-corrected chi connectivity index (χ1v) is 44.3. The quantitative estimate of drug-likeness (QED) is 0.0437. The Morgan fingerprint density at radius 3 is 1.54 bits per heavy atom.